The molecule has 0 amide bonds. The molecule has 0 N–H and O–H groups in total. The van der Waals surface area contributed by atoms with E-state index in [0.717, 1.165) is 0 Å². The van der Waals surface area contributed by atoms with Crippen LogP contribution < -0.4 is 14.7 Å². The first kappa shape index (κ1) is 22.5. The SMILES string of the molecule is O=P([O-])([O-])[O-].[Mo+4].[Ni+2].[Ti+4]. The van der Waals surface area contributed by atoms with Crippen molar-refractivity contribution in [3.05, 3.63) is 0 Å². The summed E-state index contributed by atoms with van der Waals surface area (Å²) in [5.74, 6) is 0. The van der Waals surface area contributed by atoms with E-state index in [1.807, 2.05) is 0 Å². The third-order valence-electron chi connectivity index (χ3n) is 0. The van der Waals surface area contributed by atoms with E-state index >= 15 is 0 Å². The number of phosphoric acid groups is 1. The molecule has 8 heavy (non-hydrogen) atoms. The summed E-state index contributed by atoms with van der Waals surface area (Å²) < 4.78 is 8.55. The quantitative estimate of drug-likeness (QED) is 0.356. The molecule has 0 spiro atoms. The van der Waals surface area contributed by atoms with Gasteiger partial charge in [0.2, 0.25) is 0 Å². The molecular formula is MoNiO4PTi+7. The Labute approximate surface area is 85.7 Å². The molecule has 8 heteroatoms. The molecule has 0 atom stereocenters. The van der Waals surface area contributed by atoms with Gasteiger partial charge in [-0.3, -0.25) is 0 Å². The molecule has 0 fully saturated rings. The minimum atomic E-state index is -5.39. The smallest absolute Gasteiger partial charge is 0.822 e. The molecule has 4 nitrogen and oxygen atoms in total. The molecular weight excluding hydrogens is 297 g/mol. The van der Waals surface area contributed by atoms with Gasteiger partial charge >= 0.3 is 59.3 Å². The fraction of sp³-hybridized carbons (Fsp3) is 0. The monoisotopic (exact) mass is 299 g/mol. The summed E-state index contributed by atoms with van der Waals surface area (Å²) in [5.41, 5.74) is 0. The number of hydrogen-bond acceptors (Lipinski definition) is 4. The fourth-order valence-corrected chi connectivity index (χ4v) is 0. The molecule has 0 saturated heterocycles. The van der Waals surface area contributed by atoms with Gasteiger partial charge in [-0.15, -0.1) is 0 Å². The predicted octanol–water partition coefficient (Wildman–Crippen LogP) is -2.83. The minimum absolute atomic E-state index is 0. The molecule has 0 aromatic heterocycles. The second kappa shape index (κ2) is 9.01. The van der Waals surface area contributed by atoms with Crippen molar-refractivity contribution in [3.8, 4) is 0 Å². The Morgan fingerprint density at radius 2 is 1.12 bits per heavy atom. The Kier molecular flexibility index (Phi) is 25.3. The van der Waals surface area contributed by atoms with Crippen LogP contribution in [0.1, 0.15) is 0 Å². The Hall–Kier alpha value is 2.01. The zero-order valence-corrected chi connectivity index (χ0v) is 8.76. The van der Waals surface area contributed by atoms with Crippen LogP contribution in [0.25, 0.3) is 0 Å². The standard InChI is InChI=1S/Mo.Ni.H3O4P.Ti/c;;1-5(2,3)4;/h;;(H3,1,2,3,4);/q+4;+2;;+4/p-3. The van der Waals surface area contributed by atoms with Crippen LogP contribution in [0.4, 0.5) is 0 Å². The second-order valence-corrected chi connectivity index (χ2v) is 1.34. The van der Waals surface area contributed by atoms with E-state index in [0.29, 0.717) is 0 Å². The average Bonchev–Trinajstić information content (AvgIpc) is 0.722. The van der Waals surface area contributed by atoms with Crippen molar-refractivity contribution in [2.75, 3.05) is 0 Å². The van der Waals surface area contributed by atoms with E-state index in [2.05, 4.69) is 0 Å². The molecule has 0 heterocycles. The average molecular weight is 297 g/mol. The van der Waals surface area contributed by atoms with Crippen LogP contribution in [0.15, 0.2) is 0 Å². The van der Waals surface area contributed by atoms with Gasteiger partial charge in [-0.2, -0.15) is 7.82 Å². The van der Waals surface area contributed by atoms with Gasteiger partial charge in [0.25, 0.3) is 0 Å². The largest absolute Gasteiger partial charge is 4.00 e. The predicted molar refractivity (Wildman–Crippen MR) is 7.61 cm³/mol. The molecule has 0 saturated carbocycles. The van der Waals surface area contributed by atoms with Crippen molar-refractivity contribution in [2.24, 2.45) is 0 Å². The van der Waals surface area contributed by atoms with Crippen molar-refractivity contribution in [3.63, 3.8) is 0 Å². The Morgan fingerprint density at radius 1 is 1.12 bits per heavy atom. The van der Waals surface area contributed by atoms with Gasteiger partial charge in [0.05, 0.1) is 0 Å². The van der Waals surface area contributed by atoms with E-state index in [4.69, 9.17) is 19.2 Å². The van der Waals surface area contributed by atoms with Gasteiger partial charge in [-0.05, 0) is 0 Å². The Bertz CT molecular complexity index is 62.2. The number of hydrogen-bond donors (Lipinski definition) is 0. The second-order valence-electron chi connectivity index (χ2n) is 0.447. The Balaban J connectivity index is -0.0000000267. The number of rotatable bonds is 0. The fourth-order valence-electron chi connectivity index (χ4n) is 0. The minimum Gasteiger partial charge on any atom is -0.822 e. The van der Waals surface area contributed by atoms with Gasteiger partial charge in [-0.25, -0.2) is 0 Å². The van der Waals surface area contributed by atoms with Crippen LogP contribution in [-0.4, -0.2) is 0 Å². The van der Waals surface area contributed by atoms with Crippen LogP contribution in [0.2, 0.25) is 0 Å². The van der Waals surface area contributed by atoms with E-state index in [1.54, 1.807) is 0 Å². The van der Waals surface area contributed by atoms with Gasteiger partial charge in [0.1, 0.15) is 0 Å². The summed E-state index contributed by atoms with van der Waals surface area (Å²) in [6.45, 7) is 0. The van der Waals surface area contributed by atoms with Crippen LogP contribution in [0, 0.1) is 0 Å². The molecule has 0 bridgehead atoms. The molecule has 0 aromatic carbocycles. The van der Waals surface area contributed by atoms with Gasteiger partial charge in [-0.1, -0.05) is 0 Å². The molecule has 0 aliphatic rings. The molecule has 0 aliphatic carbocycles. The van der Waals surface area contributed by atoms with Crippen molar-refractivity contribution >= 4 is 7.82 Å². The molecule has 0 aliphatic heterocycles. The van der Waals surface area contributed by atoms with Crippen LogP contribution >= 0.6 is 7.82 Å². The van der Waals surface area contributed by atoms with E-state index in [-0.39, 0.29) is 59.3 Å². The van der Waals surface area contributed by atoms with E-state index in [9.17, 15) is 0 Å². The summed E-state index contributed by atoms with van der Waals surface area (Å²) in [6.07, 6.45) is 0. The maximum Gasteiger partial charge on any atom is 4.00 e. The van der Waals surface area contributed by atoms with Gasteiger partial charge in [0, 0.05) is 0 Å². The summed E-state index contributed by atoms with van der Waals surface area (Å²) in [6, 6.07) is 0. The topological polar surface area (TPSA) is 86.2 Å². The van der Waals surface area contributed by atoms with Crippen LogP contribution in [0.3, 0.4) is 0 Å². The molecule has 0 unspecified atom stereocenters. The van der Waals surface area contributed by atoms with Crippen molar-refractivity contribution < 1.29 is 78.5 Å². The normalized spacial score (nSPS) is 7.38. The summed E-state index contributed by atoms with van der Waals surface area (Å²) in [5, 5.41) is 0. The van der Waals surface area contributed by atoms with Crippen molar-refractivity contribution in [1.29, 1.82) is 0 Å². The Morgan fingerprint density at radius 3 is 1.12 bits per heavy atom. The zero-order chi connectivity index (χ0) is 4.50. The molecule has 42 valence electrons. The maximum absolute atomic E-state index is 8.55. The maximum atomic E-state index is 8.55. The third kappa shape index (κ3) is 97.6. The zero-order valence-electron chi connectivity index (χ0n) is 3.30. The molecule has 0 aromatic rings. The first-order chi connectivity index (χ1) is 2.00. The summed E-state index contributed by atoms with van der Waals surface area (Å²) in [7, 11) is -5.39. The van der Waals surface area contributed by atoms with E-state index < -0.39 is 7.82 Å². The van der Waals surface area contributed by atoms with Crippen LogP contribution in [0.5, 0.6) is 0 Å². The van der Waals surface area contributed by atoms with E-state index in [1.165, 1.54) is 0 Å². The summed E-state index contributed by atoms with van der Waals surface area (Å²) >= 11 is 0. The summed E-state index contributed by atoms with van der Waals surface area (Å²) in [4.78, 5) is 25.6. The van der Waals surface area contributed by atoms with Crippen LogP contribution in [-0.2, 0) is 63.8 Å². The van der Waals surface area contributed by atoms with Gasteiger partial charge < -0.3 is 19.2 Å². The molecule has 0 rings (SSSR count). The first-order valence-electron chi connectivity index (χ1n) is 0.730. The third-order valence-corrected chi connectivity index (χ3v) is 0. The van der Waals surface area contributed by atoms with Gasteiger partial charge in [0.15, 0.2) is 0 Å². The van der Waals surface area contributed by atoms with Crippen molar-refractivity contribution in [2.45, 2.75) is 0 Å². The first-order valence-corrected chi connectivity index (χ1v) is 2.19. The molecule has 0 radical (unpaired) electrons. The van der Waals surface area contributed by atoms with Crippen molar-refractivity contribution in [1.82, 2.24) is 0 Å².